The number of aliphatic imine (C=N–C) groups is 1. The first-order chi connectivity index (χ1) is 10.3. The molecule has 0 aromatic heterocycles. The summed E-state index contributed by atoms with van der Waals surface area (Å²) in [6.45, 7) is 6.39. The summed E-state index contributed by atoms with van der Waals surface area (Å²) in [5, 5.41) is 20.6. The number of nitro benzene ring substituents is 1. The number of hydrogen-bond acceptors (Lipinski definition) is 4. The average molecular weight is 298 g/mol. The molecule has 0 fully saturated rings. The van der Waals surface area contributed by atoms with Crippen molar-refractivity contribution in [3.63, 3.8) is 0 Å². The Bertz CT molecular complexity index is 714. The van der Waals surface area contributed by atoms with E-state index in [1.807, 2.05) is 24.3 Å². The predicted octanol–water partition coefficient (Wildman–Crippen LogP) is 4.35. The van der Waals surface area contributed by atoms with E-state index in [2.05, 4.69) is 25.8 Å². The molecule has 2 aromatic rings. The summed E-state index contributed by atoms with van der Waals surface area (Å²) in [4.78, 5) is 14.4. The molecule has 0 aliphatic carbocycles. The Morgan fingerprint density at radius 1 is 1.14 bits per heavy atom. The molecule has 0 amide bonds. The first-order valence-corrected chi connectivity index (χ1v) is 6.90. The Kier molecular flexibility index (Phi) is 4.26. The van der Waals surface area contributed by atoms with Crippen molar-refractivity contribution >= 4 is 17.6 Å². The highest BCUT2D eigenvalue weighted by Crippen LogP contribution is 2.29. The van der Waals surface area contributed by atoms with Crippen LogP contribution in [-0.2, 0) is 5.41 Å². The van der Waals surface area contributed by atoms with Gasteiger partial charge in [-0.3, -0.25) is 15.1 Å². The Hall–Kier alpha value is -2.69. The zero-order valence-electron chi connectivity index (χ0n) is 12.8. The number of benzene rings is 2. The molecular weight excluding hydrogens is 280 g/mol. The van der Waals surface area contributed by atoms with Gasteiger partial charge in [0.05, 0.1) is 10.6 Å². The number of aromatic hydroxyl groups is 1. The van der Waals surface area contributed by atoms with Gasteiger partial charge in [-0.05, 0) is 29.2 Å². The Balaban J connectivity index is 2.26. The summed E-state index contributed by atoms with van der Waals surface area (Å²) in [6, 6.07) is 12.1. The van der Waals surface area contributed by atoms with E-state index in [1.165, 1.54) is 23.9 Å². The summed E-state index contributed by atoms with van der Waals surface area (Å²) >= 11 is 0. The highest BCUT2D eigenvalue weighted by atomic mass is 16.6. The number of hydrogen-bond donors (Lipinski definition) is 1. The van der Waals surface area contributed by atoms with E-state index in [0.29, 0.717) is 5.56 Å². The molecule has 5 heteroatoms. The zero-order valence-corrected chi connectivity index (χ0v) is 12.8. The number of nitro groups is 1. The first-order valence-electron chi connectivity index (χ1n) is 6.90. The maximum absolute atomic E-state index is 10.8. The highest BCUT2D eigenvalue weighted by molar-refractivity contribution is 5.87. The van der Waals surface area contributed by atoms with Crippen LogP contribution in [0, 0.1) is 10.1 Å². The van der Waals surface area contributed by atoms with Gasteiger partial charge in [0, 0.05) is 17.8 Å². The average Bonchev–Trinajstić information content (AvgIpc) is 2.45. The Morgan fingerprint density at radius 3 is 2.32 bits per heavy atom. The molecule has 2 rings (SSSR count). The number of phenols is 1. The molecule has 0 aliphatic rings. The van der Waals surface area contributed by atoms with Crippen molar-refractivity contribution in [2.24, 2.45) is 4.99 Å². The zero-order chi connectivity index (χ0) is 16.3. The molecule has 0 spiro atoms. The minimum absolute atomic E-state index is 0.0700. The van der Waals surface area contributed by atoms with Gasteiger partial charge in [-0.15, -0.1) is 0 Å². The quantitative estimate of drug-likeness (QED) is 0.520. The Labute approximate surface area is 129 Å². The van der Waals surface area contributed by atoms with Crippen LogP contribution in [-0.4, -0.2) is 16.2 Å². The summed E-state index contributed by atoms with van der Waals surface area (Å²) < 4.78 is 0. The molecule has 2 aromatic carbocycles. The molecule has 0 saturated heterocycles. The van der Waals surface area contributed by atoms with E-state index in [1.54, 1.807) is 6.07 Å². The molecule has 5 nitrogen and oxygen atoms in total. The van der Waals surface area contributed by atoms with Crippen LogP contribution in [0.15, 0.2) is 47.5 Å². The van der Waals surface area contributed by atoms with E-state index >= 15 is 0 Å². The third kappa shape index (κ3) is 3.49. The van der Waals surface area contributed by atoms with Gasteiger partial charge in [0.25, 0.3) is 0 Å². The van der Waals surface area contributed by atoms with Crippen LogP contribution >= 0.6 is 0 Å². The van der Waals surface area contributed by atoms with Gasteiger partial charge in [0.2, 0.25) is 5.75 Å². The van der Waals surface area contributed by atoms with Crippen LogP contribution in [0.25, 0.3) is 0 Å². The monoisotopic (exact) mass is 298 g/mol. The van der Waals surface area contributed by atoms with Crippen LogP contribution in [0.2, 0.25) is 0 Å². The molecule has 22 heavy (non-hydrogen) atoms. The van der Waals surface area contributed by atoms with E-state index < -0.39 is 4.92 Å². The van der Waals surface area contributed by atoms with Crippen molar-refractivity contribution in [1.82, 2.24) is 0 Å². The van der Waals surface area contributed by atoms with Crippen molar-refractivity contribution in [3.05, 3.63) is 63.7 Å². The fourth-order valence-electron chi connectivity index (χ4n) is 1.99. The molecule has 0 unspecified atom stereocenters. The fraction of sp³-hybridized carbons (Fsp3) is 0.235. The van der Waals surface area contributed by atoms with Crippen LogP contribution in [0.1, 0.15) is 31.9 Å². The minimum Gasteiger partial charge on any atom is -0.502 e. The topological polar surface area (TPSA) is 75.7 Å². The van der Waals surface area contributed by atoms with Gasteiger partial charge < -0.3 is 5.11 Å². The molecular formula is C17H18N2O3. The maximum atomic E-state index is 10.8. The van der Waals surface area contributed by atoms with Crippen LogP contribution < -0.4 is 0 Å². The lowest BCUT2D eigenvalue weighted by Crippen LogP contribution is -2.10. The minimum atomic E-state index is -0.620. The molecule has 0 radical (unpaired) electrons. The normalized spacial score (nSPS) is 11.8. The second kappa shape index (κ2) is 5.97. The predicted molar refractivity (Wildman–Crippen MR) is 87.2 cm³/mol. The van der Waals surface area contributed by atoms with Gasteiger partial charge >= 0.3 is 5.69 Å². The van der Waals surface area contributed by atoms with Crippen molar-refractivity contribution in [1.29, 1.82) is 0 Å². The summed E-state index contributed by atoms with van der Waals surface area (Å²) in [5.41, 5.74) is 1.98. The van der Waals surface area contributed by atoms with Gasteiger partial charge in [-0.25, -0.2) is 0 Å². The van der Waals surface area contributed by atoms with E-state index in [9.17, 15) is 15.2 Å². The van der Waals surface area contributed by atoms with Gasteiger partial charge in [0.1, 0.15) is 0 Å². The van der Waals surface area contributed by atoms with Crippen molar-refractivity contribution < 1.29 is 10.0 Å². The largest absolute Gasteiger partial charge is 0.502 e. The summed E-state index contributed by atoms with van der Waals surface area (Å²) in [5.74, 6) is -0.373. The van der Waals surface area contributed by atoms with Crippen molar-refractivity contribution in [3.8, 4) is 5.75 Å². The Morgan fingerprint density at radius 2 is 1.77 bits per heavy atom. The third-order valence-electron chi connectivity index (χ3n) is 3.33. The van der Waals surface area contributed by atoms with Gasteiger partial charge in [-0.1, -0.05) is 39.0 Å². The lowest BCUT2D eigenvalue weighted by atomic mass is 9.87. The lowest BCUT2D eigenvalue weighted by Gasteiger charge is -2.18. The first kappa shape index (κ1) is 15.7. The van der Waals surface area contributed by atoms with E-state index in [0.717, 1.165) is 5.69 Å². The van der Waals surface area contributed by atoms with Gasteiger partial charge in [0.15, 0.2) is 0 Å². The second-order valence-corrected chi connectivity index (χ2v) is 6.03. The van der Waals surface area contributed by atoms with Crippen LogP contribution in [0.3, 0.4) is 0 Å². The SMILES string of the molecule is CC(C)(C)c1ccc(N=Cc2cccc([N+](=O)[O-])c2O)cc1. The van der Waals surface area contributed by atoms with E-state index in [4.69, 9.17) is 0 Å². The molecule has 114 valence electrons. The molecule has 0 bridgehead atoms. The molecule has 0 heterocycles. The van der Waals surface area contributed by atoms with Crippen molar-refractivity contribution in [2.75, 3.05) is 0 Å². The number of rotatable bonds is 3. The summed E-state index contributed by atoms with van der Waals surface area (Å²) in [6.07, 6.45) is 1.43. The van der Waals surface area contributed by atoms with Crippen molar-refractivity contribution in [2.45, 2.75) is 26.2 Å². The van der Waals surface area contributed by atoms with Crippen LogP contribution in [0.4, 0.5) is 11.4 Å². The summed E-state index contributed by atoms with van der Waals surface area (Å²) in [7, 11) is 0. The van der Waals surface area contributed by atoms with E-state index in [-0.39, 0.29) is 16.9 Å². The smallest absolute Gasteiger partial charge is 0.311 e. The third-order valence-corrected chi connectivity index (χ3v) is 3.33. The molecule has 0 atom stereocenters. The van der Waals surface area contributed by atoms with Crippen LogP contribution in [0.5, 0.6) is 5.75 Å². The number of phenolic OH excluding ortho intramolecular Hbond substituents is 1. The molecule has 0 saturated carbocycles. The highest BCUT2D eigenvalue weighted by Gasteiger charge is 2.15. The maximum Gasteiger partial charge on any atom is 0.311 e. The lowest BCUT2D eigenvalue weighted by molar-refractivity contribution is -0.385. The van der Waals surface area contributed by atoms with Gasteiger partial charge in [-0.2, -0.15) is 0 Å². The second-order valence-electron chi connectivity index (χ2n) is 6.03. The number of nitrogens with zero attached hydrogens (tertiary/aromatic N) is 2. The fourth-order valence-corrected chi connectivity index (χ4v) is 1.99. The molecule has 0 aliphatic heterocycles. The molecule has 1 N–H and O–H groups in total. The number of para-hydroxylation sites is 1. The standard InChI is InChI=1S/C17H18N2O3/c1-17(2,3)13-7-9-14(10-8-13)18-11-12-5-4-6-15(16(12)20)19(21)22/h4-11,20H,1-3H3.